The monoisotopic (exact) mass is 192 g/mol. The summed E-state index contributed by atoms with van der Waals surface area (Å²) in [4.78, 5) is 6.56. The van der Waals surface area contributed by atoms with Gasteiger partial charge in [0.05, 0.1) is 11.9 Å². The highest BCUT2D eigenvalue weighted by atomic mass is 15.1. The van der Waals surface area contributed by atoms with E-state index in [-0.39, 0.29) is 0 Å². The molecule has 1 aromatic heterocycles. The number of rotatable bonds is 5. The van der Waals surface area contributed by atoms with Gasteiger partial charge >= 0.3 is 0 Å². The first kappa shape index (κ1) is 11.0. The average Bonchev–Trinajstić information content (AvgIpc) is 2.23. The topological polar surface area (TPSA) is 16.1 Å². The quantitative estimate of drug-likeness (QED) is 0.713. The Balaban J connectivity index is 2.92. The van der Waals surface area contributed by atoms with E-state index in [4.69, 9.17) is 0 Å². The molecule has 0 atom stereocenters. The van der Waals surface area contributed by atoms with Gasteiger partial charge < -0.3 is 4.90 Å². The Morgan fingerprint density at radius 2 is 1.93 bits per heavy atom. The molecule has 1 rings (SSSR count). The van der Waals surface area contributed by atoms with E-state index in [9.17, 15) is 0 Å². The maximum absolute atomic E-state index is 4.20. The van der Waals surface area contributed by atoms with Gasteiger partial charge in [0.25, 0.3) is 0 Å². The molecule has 0 spiro atoms. The summed E-state index contributed by atoms with van der Waals surface area (Å²) < 4.78 is 0. The predicted octanol–water partition coefficient (Wildman–Crippen LogP) is 2.88. The predicted molar refractivity (Wildman–Crippen MR) is 61.8 cm³/mol. The van der Waals surface area contributed by atoms with E-state index in [0.717, 1.165) is 19.5 Å². The van der Waals surface area contributed by atoms with E-state index >= 15 is 0 Å². The van der Waals surface area contributed by atoms with Crippen LogP contribution in [-0.2, 0) is 6.42 Å². The molecule has 14 heavy (non-hydrogen) atoms. The van der Waals surface area contributed by atoms with Crippen LogP contribution >= 0.6 is 0 Å². The standard InChI is InChI=1S/C12H20N2/c1-4-7-11-8-9-13-10-12(11)14(5-2)6-3/h8-10H,4-7H2,1-3H3. The van der Waals surface area contributed by atoms with Crippen molar-refractivity contribution in [2.75, 3.05) is 18.0 Å². The van der Waals surface area contributed by atoms with Gasteiger partial charge in [0, 0.05) is 19.3 Å². The highest BCUT2D eigenvalue weighted by Crippen LogP contribution is 2.19. The molecule has 0 saturated heterocycles. The zero-order valence-electron chi connectivity index (χ0n) is 9.45. The summed E-state index contributed by atoms with van der Waals surface area (Å²) in [5.41, 5.74) is 2.73. The molecule has 0 aliphatic heterocycles. The van der Waals surface area contributed by atoms with E-state index in [0.29, 0.717) is 0 Å². The van der Waals surface area contributed by atoms with Crippen molar-refractivity contribution < 1.29 is 0 Å². The van der Waals surface area contributed by atoms with E-state index < -0.39 is 0 Å². The summed E-state index contributed by atoms with van der Waals surface area (Å²) in [7, 11) is 0. The van der Waals surface area contributed by atoms with Gasteiger partial charge in [0.1, 0.15) is 0 Å². The van der Waals surface area contributed by atoms with Gasteiger partial charge in [-0.2, -0.15) is 0 Å². The molecule has 0 aromatic carbocycles. The Labute approximate surface area is 87.0 Å². The molecule has 1 heterocycles. The van der Waals surface area contributed by atoms with Crippen LogP contribution in [0.2, 0.25) is 0 Å². The van der Waals surface area contributed by atoms with E-state index in [2.05, 4.69) is 36.7 Å². The van der Waals surface area contributed by atoms with Crippen LogP contribution in [0.3, 0.4) is 0 Å². The highest BCUT2D eigenvalue weighted by molar-refractivity contribution is 5.51. The molecule has 0 aliphatic rings. The van der Waals surface area contributed by atoms with Gasteiger partial charge in [-0.05, 0) is 31.9 Å². The lowest BCUT2D eigenvalue weighted by molar-refractivity contribution is 0.836. The van der Waals surface area contributed by atoms with Crippen LogP contribution < -0.4 is 4.90 Å². The zero-order valence-corrected chi connectivity index (χ0v) is 9.45. The van der Waals surface area contributed by atoms with Crippen molar-refractivity contribution in [2.45, 2.75) is 33.6 Å². The van der Waals surface area contributed by atoms with Gasteiger partial charge in [-0.15, -0.1) is 0 Å². The van der Waals surface area contributed by atoms with Crippen LogP contribution in [0.4, 0.5) is 5.69 Å². The molecule has 0 saturated carbocycles. The van der Waals surface area contributed by atoms with Crippen LogP contribution in [0.15, 0.2) is 18.5 Å². The van der Waals surface area contributed by atoms with Gasteiger partial charge in [0.15, 0.2) is 0 Å². The second kappa shape index (κ2) is 5.63. The normalized spacial score (nSPS) is 10.2. The number of hydrogen-bond donors (Lipinski definition) is 0. The molecular weight excluding hydrogens is 172 g/mol. The third-order valence-electron chi connectivity index (χ3n) is 2.51. The molecule has 0 bridgehead atoms. The number of nitrogens with zero attached hydrogens (tertiary/aromatic N) is 2. The lowest BCUT2D eigenvalue weighted by Crippen LogP contribution is -2.23. The fraction of sp³-hybridized carbons (Fsp3) is 0.583. The second-order valence-electron chi connectivity index (χ2n) is 3.43. The number of anilines is 1. The van der Waals surface area contributed by atoms with E-state index in [1.165, 1.54) is 17.7 Å². The Kier molecular flexibility index (Phi) is 4.44. The molecule has 0 aliphatic carbocycles. The third kappa shape index (κ3) is 2.47. The Morgan fingerprint density at radius 1 is 1.21 bits per heavy atom. The van der Waals surface area contributed by atoms with Crippen molar-refractivity contribution in [1.29, 1.82) is 0 Å². The van der Waals surface area contributed by atoms with Crippen LogP contribution in [0.25, 0.3) is 0 Å². The van der Waals surface area contributed by atoms with Gasteiger partial charge in [-0.1, -0.05) is 13.3 Å². The summed E-state index contributed by atoms with van der Waals surface area (Å²) >= 11 is 0. The van der Waals surface area contributed by atoms with Gasteiger partial charge in [0.2, 0.25) is 0 Å². The van der Waals surface area contributed by atoms with Crippen LogP contribution in [0.5, 0.6) is 0 Å². The second-order valence-corrected chi connectivity index (χ2v) is 3.43. The van der Waals surface area contributed by atoms with Gasteiger partial charge in [-0.3, -0.25) is 4.98 Å². The molecule has 0 amide bonds. The van der Waals surface area contributed by atoms with Crippen molar-refractivity contribution in [3.63, 3.8) is 0 Å². The molecular formula is C12H20N2. The largest absolute Gasteiger partial charge is 0.371 e. The lowest BCUT2D eigenvalue weighted by atomic mass is 10.1. The first-order chi connectivity index (χ1) is 6.83. The summed E-state index contributed by atoms with van der Waals surface area (Å²) in [6, 6.07) is 2.14. The minimum atomic E-state index is 1.05. The molecule has 2 heteroatoms. The molecule has 0 unspecified atom stereocenters. The van der Waals surface area contributed by atoms with Crippen LogP contribution in [-0.4, -0.2) is 18.1 Å². The van der Waals surface area contributed by atoms with Crippen molar-refractivity contribution in [2.24, 2.45) is 0 Å². The smallest absolute Gasteiger partial charge is 0.0585 e. The lowest BCUT2D eigenvalue weighted by Gasteiger charge is -2.23. The van der Waals surface area contributed by atoms with E-state index in [1.807, 2.05) is 12.4 Å². The number of aryl methyl sites for hydroxylation is 1. The van der Waals surface area contributed by atoms with E-state index in [1.54, 1.807) is 0 Å². The maximum Gasteiger partial charge on any atom is 0.0585 e. The summed E-state index contributed by atoms with van der Waals surface area (Å²) in [6.07, 6.45) is 6.21. The summed E-state index contributed by atoms with van der Waals surface area (Å²) in [5, 5.41) is 0. The average molecular weight is 192 g/mol. The van der Waals surface area contributed by atoms with Crippen molar-refractivity contribution in [3.8, 4) is 0 Å². The number of aromatic nitrogens is 1. The molecule has 0 N–H and O–H groups in total. The summed E-state index contributed by atoms with van der Waals surface area (Å²) in [5.74, 6) is 0. The Bertz CT molecular complexity index is 267. The molecule has 1 aromatic rings. The number of pyridine rings is 1. The van der Waals surface area contributed by atoms with Crippen molar-refractivity contribution in [1.82, 2.24) is 4.98 Å². The molecule has 78 valence electrons. The van der Waals surface area contributed by atoms with Crippen molar-refractivity contribution >= 4 is 5.69 Å². The minimum Gasteiger partial charge on any atom is -0.371 e. The molecule has 0 fully saturated rings. The van der Waals surface area contributed by atoms with Crippen LogP contribution in [0.1, 0.15) is 32.8 Å². The summed E-state index contributed by atoms with van der Waals surface area (Å²) in [6.45, 7) is 8.70. The first-order valence-electron chi connectivity index (χ1n) is 5.51. The minimum absolute atomic E-state index is 1.05. The fourth-order valence-electron chi connectivity index (χ4n) is 1.74. The zero-order chi connectivity index (χ0) is 10.4. The molecule has 0 radical (unpaired) electrons. The maximum atomic E-state index is 4.20. The number of hydrogen-bond acceptors (Lipinski definition) is 2. The SMILES string of the molecule is CCCc1ccncc1N(CC)CC. The van der Waals surface area contributed by atoms with Crippen molar-refractivity contribution in [3.05, 3.63) is 24.0 Å². The Morgan fingerprint density at radius 3 is 2.50 bits per heavy atom. The third-order valence-corrected chi connectivity index (χ3v) is 2.51. The molecule has 2 nitrogen and oxygen atoms in total. The van der Waals surface area contributed by atoms with Crippen LogP contribution in [0, 0.1) is 0 Å². The highest BCUT2D eigenvalue weighted by Gasteiger charge is 2.06. The van der Waals surface area contributed by atoms with Gasteiger partial charge in [-0.25, -0.2) is 0 Å². The Hall–Kier alpha value is -1.05. The fourth-order valence-corrected chi connectivity index (χ4v) is 1.74. The first-order valence-corrected chi connectivity index (χ1v) is 5.51.